The minimum Gasteiger partial charge on any atom is -0.395 e. The fourth-order valence-corrected chi connectivity index (χ4v) is 1.41. The maximum Gasteiger partial charge on any atom is 0.0541 e. The zero-order chi connectivity index (χ0) is 8.32. The Kier molecular flexibility index (Phi) is 2.62. The maximum atomic E-state index is 9.12. The Hall–Kier alpha value is -0.410. The zero-order valence-electron chi connectivity index (χ0n) is 6.89. The molecule has 0 amide bonds. The maximum absolute atomic E-state index is 9.12. The second-order valence-electron chi connectivity index (χ2n) is 3.18. The van der Waals surface area contributed by atoms with Gasteiger partial charge in [0.15, 0.2) is 0 Å². The van der Waals surface area contributed by atoms with Crippen LogP contribution in [-0.4, -0.2) is 30.6 Å². The molecule has 0 spiro atoms. The molecule has 0 aliphatic carbocycles. The van der Waals surface area contributed by atoms with Gasteiger partial charge in [0.25, 0.3) is 0 Å². The normalized spacial score (nSPS) is 23.1. The van der Waals surface area contributed by atoms with E-state index in [1.807, 2.05) is 0 Å². The quantitative estimate of drug-likeness (QED) is 0.583. The molecule has 3 heteroatoms. The molecule has 1 rings (SSSR count). The highest BCUT2D eigenvalue weighted by molar-refractivity contribution is 5.85. The minimum atomic E-state index is -0.266. The van der Waals surface area contributed by atoms with E-state index < -0.39 is 0 Å². The van der Waals surface area contributed by atoms with Gasteiger partial charge in [-0.25, -0.2) is 0 Å². The Balaban J connectivity index is 2.64. The molecule has 11 heavy (non-hydrogen) atoms. The molecule has 1 aliphatic heterocycles. The monoisotopic (exact) mass is 157 g/mol. The van der Waals surface area contributed by atoms with Crippen molar-refractivity contribution in [2.24, 2.45) is 5.41 Å². The molecule has 2 N–H and O–H groups in total. The van der Waals surface area contributed by atoms with Crippen LogP contribution >= 0.6 is 0 Å². The summed E-state index contributed by atoms with van der Waals surface area (Å²) < 4.78 is 5.17. The van der Waals surface area contributed by atoms with Gasteiger partial charge in [-0.15, -0.1) is 0 Å². The Morgan fingerprint density at radius 3 is 2.36 bits per heavy atom. The van der Waals surface area contributed by atoms with Crippen LogP contribution in [0.3, 0.4) is 0 Å². The van der Waals surface area contributed by atoms with E-state index in [9.17, 15) is 0 Å². The van der Waals surface area contributed by atoms with Gasteiger partial charge in [0, 0.05) is 24.3 Å². The van der Waals surface area contributed by atoms with Crippen LogP contribution in [0.4, 0.5) is 0 Å². The lowest BCUT2D eigenvalue weighted by molar-refractivity contribution is 0.0191. The number of hydrogen-bond acceptors (Lipinski definition) is 3. The third-order valence-corrected chi connectivity index (χ3v) is 2.55. The third kappa shape index (κ3) is 1.60. The van der Waals surface area contributed by atoms with Gasteiger partial charge >= 0.3 is 0 Å². The number of aliphatic hydroxyl groups excluding tert-OH is 1. The van der Waals surface area contributed by atoms with E-state index in [0.29, 0.717) is 18.9 Å². The number of ether oxygens (including phenoxy) is 1. The van der Waals surface area contributed by atoms with E-state index in [1.54, 1.807) is 6.92 Å². The summed E-state index contributed by atoms with van der Waals surface area (Å²) in [7, 11) is 0. The molecule has 0 saturated carbocycles. The van der Waals surface area contributed by atoms with E-state index >= 15 is 0 Å². The first-order valence-corrected chi connectivity index (χ1v) is 3.95. The summed E-state index contributed by atoms with van der Waals surface area (Å²) in [5, 5.41) is 16.6. The van der Waals surface area contributed by atoms with E-state index in [4.69, 9.17) is 15.3 Å². The van der Waals surface area contributed by atoms with Crippen LogP contribution in [0.1, 0.15) is 19.8 Å². The Morgan fingerprint density at radius 2 is 2.09 bits per heavy atom. The van der Waals surface area contributed by atoms with Crippen LogP contribution in [0, 0.1) is 10.8 Å². The fourth-order valence-electron chi connectivity index (χ4n) is 1.41. The predicted molar refractivity (Wildman–Crippen MR) is 43.0 cm³/mol. The summed E-state index contributed by atoms with van der Waals surface area (Å²) >= 11 is 0. The fraction of sp³-hybridized carbons (Fsp3) is 0.875. The molecule has 3 nitrogen and oxygen atoms in total. The summed E-state index contributed by atoms with van der Waals surface area (Å²) in [6.45, 7) is 3.21. The minimum absolute atomic E-state index is 0.0890. The van der Waals surface area contributed by atoms with Crippen LogP contribution < -0.4 is 0 Å². The topological polar surface area (TPSA) is 53.3 Å². The summed E-state index contributed by atoms with van der Waals surface area (Å²) in [4.78, 5) is 0. The average molecular weight is 157 g/mol. The van der Waals surface area contributed by atoms with E-state index in [0.717, 1.165) is 12.8 Å². The van der Waals surface area contributed by atoms with Gasteiger partial charge in [-0.3, -0.25) is 0 Å². The van der Waals surface area contributed by atoms with Crippen molar-refractivity contribution in [1.82, 2.24) is 0 Å². The second-order valence-corrected chi connectivity index (χ2v) is 3.18. The molecule has 1 saturated heterocycles. The summed E-state index contributed by atoms with van der Waals surface area (Å²) in [5.74, 6) is 0. The summed E-state index contributed by atoms with van der Waals surface area (Å²) in [6, 6.07) is 0. The lowest BCUT2D eigenvalue weighted by atomic mass is 9.77. The molecule has 0 unspecified atom stereocenters. The van der Waals surface area contributed by atoms with Crippen LogP contribution in [0.15, 0.2) is 0 Å². The standard InChI is InChI=1S/C8H15NO2/c1-7(9)8(6-10)2-4-11-5-3-8/h9-10H,2-6H2,1H3. The first kappa shape index (κ1) is 8.68. The number of rotatable bonds is 2. The number of hydrogen-bond donors (Lipinski definition) is 2. The number of aliphatic hydroxyl groups is 1. The van der Waals surface area contributed by atoms with Gasteiger partial charge in [0.05, 0.1) is 6.61 Å². The smallest absolute Gasteiger partial charge is 0.0541 e. The lowest BCUT2D eigenvalue weighted by Gasteiger charge is -2.34. The lowest BCUT2D eigenvalue weighted by Crippen LogP contribution is -2.38. The van der Waals surface area contributed by atoms with Crippen LogP contribution in [0.5, 0.6) is 0 Å². The van der Waals surface area contributed by atoms with Gasteiger partial charge < -0.3 is 15.3 Å². The molecule has 0 aromatic rings. The average Bonchev–Trinajstić information content (AvgIpc) is 2.05. The van der Waals surface area contributed by atoms with Gasteiger partial charge in [-0.2, -0.15) is 0 Å². The first-order valence-electron chi connectivity index (χ1n) is 3.95. The highest BCUT2D eigenvalue weighted by atomic mass is 16.5. The molecule has 0 bridgehead atoms. The van der Waals surface area contributed by atoms with Gasteiger partial charge in [-0.05, 0) is 19.8 Å². The molecule has 1 heterocycles. The van der Waals surface area contributed by atoms with Crippen molar-refractivity contribution in [3.63, 3.8) is 0 Å². The van der Waals surface area contributed by atoms with Crippen LogP contribution in [0.2, 0.25) is 0 Å². The van der Waals surface area contributed by atoms with Crippen molar-refractivity contribution in [3.05, 3.63) is 0 Å². The molecule has 0 atom stereocenters. The highest BCUT2D eigenvalue weighted by Crippen LogP contribution is 2.30. The predicted octanol–water partition coefficient (Wildman–Crippen LogP) is 0.815. The third-order valence-electron chi connectivity index (χ3n) is 2.55. The first-order chi connectivity index (χ1) is 5.21. The Bertz CT molecular complexity index is 150. The Labute approximate surface area is 66.9 Å². The van der Waals surface area contributed by atoms with Crippen molar-refractivity contribution >= 4 is 5.71 Å². The largest absolute Gasteiger partial charge is 0.395 e. The molecule has 1 aliphatic rings. The summed E-state index contributed by atoms with van der Waals surface area (Å²) in [6.07, 6.45) is 1.58. The Morgan fingerprint density at radius 1 is 1.55 bits per heavy atom. The zero-order valence-corrected chi connectivity index (χ0v) is 6.89. The van der Waals surface area contributed by atoms with Crippen LogP contribution in [-0.2, 0) is 4.74 Å². The van der Waals surface area contributed by atoms with Crippen molar-refractivity contribution < 1.29 is 9.84 Å². The van der Waals surface area contributed by atoms with Gasteiger partial charge in [0.2, 0.25) is 0 Å². The molecule has 64 valence electrons. The van der Waals surface area contributed by atoms with E-state index in [2.05, 4.69) is 0 Å². The van der Waals surface area contributed by atoms with Crippen molar-refractivity contribution in [2.45, 2.75) is 19.8 Å². The number of nitrogens with one attached hydrogen (secondary N) is 1. The molecule has 1 fully saturated rings. The molecule has 0 radical (unpaired) electrons. The molecular formula is C8H15NO2. The van der Waals surface area contributed by atoms with Crippen molar-refractivity contribution in [2.75, 3.05) is 19.8 Å². The summed E-state index contributed by atoms with van der Waals surface area (Å²) in [5.41, 5.74) is 0.321. The highest BCUT2D eigenvalue weighted by Gasteiger charge is 2.33. The molecular weight excluding hydrogens is 142 g/mol. The van der Waals surface area contributed by atoms with Crippen molar-refractivity contribution in [1.29, 1.82) is 5.41 Å². The molecule has 0 aromatic heterocycles. The second kappa shape index (κ2) is 3.32. The van der Waals surface area contributed by atoms with Gasteiger partial charge in [0.1, 0.15) is 0 Å². The SMILES string of the molecule is CC(=N)C1(CO)CCOCC1. The van der Waals surface area contributed by atoms with Gasteiger partial charge in [-0.1, -0.05) is 0 Å². The van der Waals surface area contributed by atoms with Crippen LogP contribution in [0.25, 0.3) is 0 Å². The molecule has 0 aromatic carbocycles. The van der Waals surface area contributed by atoms with E-state index in [-0.39, 0.29) is 12.0 Å². The van der Waals surface area contributed by atoms with Crippen molar-refractivity contribution in [3.8, 4) is 0 Å². The van der Waals surface area contributed by atoms with E-state index in [1.165, 1.54) is 0 Å².